The topological polar surface area (TPSA) is 77.9 Å². The van der Waals surface area contributed by atoms with Gasteiger partial charge in [0.25, 0.3) is 0 Å². The largest absolute Gasteiger partial charge is 0.481 e. The fourth-order valence-corrected chi connectivity index (χ4v) is 3.93. The van der Waals surface area contributed by atoms with Gasteiger partial charge in [-0.1, -0.05) is 18.2 Å². The summed E-state index contributed by atoms with van der Waals surface area (Å²) in [4.78, 5) is 13.1. The van der Waals surface area contributed by atoms with Gasteiger partial charge in [-0.15, -0.1) is 0 Å². The minimum absolute atomic E-state index is 0.00725. The molecule has 1 fully saturated rings. The summed E-state index contributed by atoms with van der Waals surface area (Å²) in [6, 6.07) is 9.08. The molecule has 1 aliphatic heterocycles. The van der Waals surface area contributed by atoms with Crippen molar-refractivity contribution in [1.29, 1.82) is 0 Å². The minimum Gasteiger partial charge on any atom is -0.481 e. The van der Waals surface area contributed by atoms with Gasteiger partial charge in [-0.25, -0.2) is 8.42 Å². The van der Waals surface area contributed by atoms with E-state index < -0.39 is 22.0 Å². The maximum absolute atomic E-state index is 11.9. The number of carboxylic acid groups (broad SMARTS) is 1. The van der Waals surface area contributed by atoms with Crippen LogP contribution in [0.25, 0.3) is 0 Å². The molecule has 0 aliphatic carbocycles. The third-order valence-corrected chi connectivity index (χ3v) is 5.01. The first-order valence-corrected chi connectivity index (χ1v) is 8.64. The third kappa shape index (κ3) is 3.74. The fourth-order valence-electron chi connectivity index (χ4n) is 2.76. The second kappa shape index (κ2) is 6.03. The number of benzene rings is 1. The molecule has 0 unspecified atom stereocenters. The third-order valence-electron chi connectivity index (χ3n) is 3.72. The fraction of sp³-hybridized carbons (Fsp3) is 0.500. The molecule has 1 heterocycles. The van der Waals surface area contributed by atoms with Crippen molar-refractivity contribution in [2.75, 3.05) is 24.2 Å². The zero-order valence-corrected chi connectivity index (χ0v) is 13.0. The lowest BCUT2D eigenvalue weighted by Gasteiger charge is -2.44. The second-order valence-electron chi connectivity index (χ2n) is 5.42. The number of sulfonamides is 1. The van der Waals surface area contributed by atoms with Crippen molar-refractivity contribution in [1.82, 2.24) is 4.31 Å². The van der Waals surface area contributed by atoms with E-state index in [2.05, 4.69) is 4.90 Å². The Morgan fingerprint density at radius 2 is 1.90 bits per heavy atom. The van der Waals surface area contributed by atoms with Gasteiger partial charge in [0.05, 0.1) is 18.7 Å². The van der Waals surface area contributed by atoms with Crippen LogP contribution in [-0.2, 0) is 14.8 Å². The number of para-hydroxylation sites is 1. The molecule has 1 aromatic carbocycles. The molecule has 0 spiro atoms. The van der Waals surface area contributed by atoms with Gasteiger partial charge in [0.15, 0.2) is 0 Å². The summed E-state index contributed by atoms with van der Waals surface area (Å²) in [6.45, 7) is 2.62. The Bertz CT molecular complexity index is 603. The van der Waals surface area contributed by atoms with Crippen LogP contribution in [0.15, 0.2) is 30.3 Å². The van der Waals surface area contributed by atoms with Crippen LogP contribution < -0.4 is 4.90 Å². The second-order valence-corrected chi connectivity index (χ2v) is 7.36. The van der Waals surface area contributed by atoms with Gasteiger partial charge < -0.3 is 10.0 Å². The molecule has 0 saturated carbocycles. The maximum atomic E-state index is 11.9. The lowest BCUT2D eigenvalue weighted by molar-refractivity contribution is -0.138. The molecule has 1 aromatic rings. The standard InChI is InChI=1S/C14H20N2O4S/c1-11-9-16(21(2,19)20)13(8-14(17)18)10-15(11)12-6-4-3-5-7-12/h3-7,11,13H,8-10H2,1-2H3,(H,17,18)/t11-,13+/m0/s1. The lowest BCUT2D eigenvalue weighted by Crippen LogP contribution is -2.59. The van der Waals surface area contributed by atoms with E-state index in [0.717, 1.165) is 11.9 Å². The van der Waals surface area contributed by atoms with Crippen molar-refractivity contribution in [2.24, 2.45) is 0 Å². The van der Waals surface area contributed by atoms with Gasteiger partial charge in [-0.3, -0.25) is 4.79 Å². The van der Waals surface area contributed by atoms with E-state index in [1.165, 1.54) is 4.31 Å². The van der Waals surface area contributed by atoms with Crippen molar-refractivity contribution >= 4 is 21.7 Å². The molecule has 116 valence electrons. The Labute approximate surface area is 125 Å². The van der Waals surface area contributed by atoms with E-state index in [-0.39, 0.29) is 12.5 Å². The molecule has 6 nitrogen and oxygen atoms in total. The molecule has 2 rings (SSSR count). The van der Waals surface area contributed by atoms with Crippen LogP contribution in [0.1, 0.15) is 13.3 Å². The highest BCUT2D eigenvalue weighted by atomic mass is 32.2. The van der Waals surface area contributed by atoms with E-state index in [1.807, 2.05) is 37.3 Å². The zero-order chi connectivity index (χ0) is 15.6. The van der Waals surface area contributed by atoms with E-state index >= 15 is 0 Å². The maximum Gasteiger partial charge on any atom is 0.305 e. The first-order chi connectivity index (χ1) is 9.79. The smallest absolute Gasteiger partial charge is 0.305 e. The molecular weight excluding hydrogens is 292 g/mol. The Kier molecular flexibility index (Phi) is 4.53. The molecule has 0 radical (unpaired) electrons. The van der Waals surface area contributed by atoms with Gasteiger partial charge in [0.2, 0.25) is 10.0 Å². The molecule has 2 atom stereocenters. The Balaban J connectivity index is 2.28. The Hall–Kier alpha value is -1.60. The number of nitrogens with zero attached hydrogens (tertiary/aromatic N) is 2. The molecule has 7 heteroatoms. The SMILES string of the molecule is C[C@H]1CN(S(C)(=O)=O)[C@H](CC(=O)O)CN1c1ccccc1. The van der Waals surface area contributed by atoms with Crippen LogP contribution in [0, 0.1) is 0 Å². The van der Waals surface area contributed by atoms with Crippen LogP contribution in [0.5, 0.6) is 0 Å². The number of aliphatic carboxylic acids is 1. The Morgan fingerprint density at radius 1 is 1.29 bits per heavy atom. The molecule has 1 N–H and O–H groups in total. The monoisotopic (exact) mass is 312 g/mol. The van der Waals surface area contributed by atoms with Crippen LogP contribution >= 0.6 is 0 Å². The highest BCUT2D eigenvalue weighted by Gasteiger charge is 2.37. The summed E-state index contributed by atoms with van der Waals surface area (Å²) in [7, 11) is -3.42. The van der Waals surface area contributed by atoms with Gasteiger partial charge >= 0.3 is 5.97 Å². The van der Waals surface area contributed by atoms with Crippen LogP contribution in [0.2, 0.25) is 0 Å². The number of carboxylic acids is 1. The predicted molar refractivity (Wildman–Crippen MR) is 80.8 cm³/mol. The van der Waals surface area contributed by atoms with Gasteiger partial charge in [-0.2, -0.15) is 4.31 Å². The van der Waals surface area contributed by atoms with Crippen molar-refractivity contribution in [3.8, 4) is 0 Å². The van der Waals surface area contributed by atoms with Gasteiger partial charge in [0.1, 0.15) is 0 Å². The lowest BCUT2D eigenvalue weighted by atomic mass is 10.1. The van der Waals surface area contributed by atoms with Crippen LogP contribution in [0.4, 0.5) is 5.69 Å². The molecule has 21 heavy (non-hydrogen) atoms. The summed E-state index contributed by atoms with van der Waals surface area (Å²) in [5.74, 6) is -0.990. The van der Waals surface area contributed by atoms with E-state index in [1.54, 1.807) is 0 Å². The summed E-state index contributed by atoms with van der Waals surface area (Å²) in [5, 5.41) is 9.03. The first kappa shape index (κ1) is 15.8. The van der Waals surface area contributed by atoms with Crippen molar-refractivity contribution in [2.45, 2.75) is 25.4 Å². The van der Waals surface area contributed by atoms with Gasteiger partial charge in [0, 0.05) is 24.8 Å². The molecular formula is C14H20N2O4S. The van der Waals surface area contributed by atoms with Crippen molar-refractivity contribution in [3.63, 3.8) is 0 Å². The molecule has 0 amide bonds. The average Bonchev–Trinajstić information content (AvgIpc) is 2.39. The van der Waals surface area contributed by atoms with Crippen molar-refractivity contribution < 1.29 is 18.3 Å². The Morgan fingerprint density at radius 3 is 2.43 bits per heavy atom. The highest BCUT2D eigenvalue weighted by molar-refractivity contribution is 7.88. The number of piperazine rings is 1. The number of anilines is 1. The molecule has 1 saturated heterocycles. The zero-order valence-electron chi connectivity index (χ0n) is 12.1. The summed E-state index contributed by atoms with van der Waals surface area (Å²) in [5.41, 5.74) is 0.980. The predicted octanol–water partition coefficient (Wildman–Crippen LogP) is 1.00. The average molecular weight is 312 g/mol. The van der Waals surface area contributed by atoms with Crippen LogP contribution in [-0.4, -0.2) is 55.2 Å². The van der Waals surface area contributed by atoms with Crippen molar-refractivity contribution in [3.05, 3.63) is 30.3 Å². The molecule has 0 bridgehead atoms. The van der Waals surface area contributed by atoms with Crippen LogP contribution in [0.3, 0.4) is 0 Å². The summed E-state index contributed by atoms with van der Waals surface area (Å²) in [6.07, 6.45) is 0.940. The minimum atomic E-state index is -3.42. The number of rotatable bonds is 4. The summed E-state index contributed by atoms with van der Waals surface area (Å²) >= 11 is 0. The number of hydrogen-bond acceptors (Lipinski definition) is 4. The molecule has 0 aromatic heterocycles. The van der Waals surface area contributed by atoms with E-state index in [4.69, 9.17) is 5.11 Å². The number of hydrogen-bond donors (Lipinski definition) is 1. The van der Waals surface area contributed by atoms with Gasteiger partial charge in [-0.05, 0) is 19.1 Å². The van der Waals surface area contributed by atoms with E-state index in [9.17, 15) is 13.2 Å². The summed E-state index contributed by atoms with van der Waals surface area (Å²) < 4.78 is 25.1. The first-order valence-electron chi connectivity index (χ1n) is 6.79. The highest BCUT2D eigenvalue weighted by Crippen LogP contribution is 2.25. The normalized spacial score (nSPS) is 24.0. The number of carbonyl (C=O) groups is 1. The molecule has 1 aliphatic rings. The van der Waals surface area contributed by atoms with E-state index in [0.29, 0.717) is 13.1 Å². The quantitative estimate of drug-likeness (QED) is 0.897.